The number of aromatic amines is 1. The molecule has 3 aromatic heterocycles. The van der Waals surface area contributed by atoms with Crippen LogP contribution in [0.15, 0.2) is 42.7 Å². The Morgan fingerprint density at radius 2 is 2.08 bits per heavy atom. The second kappa shape index (κ2) is 5.84. The summed E-state index contributed by atoms with van der Waals surface area (Å²) < 4.78 is 42.3. The molecule has 3 heterocycles. The first-order valence-corrected chi connectivity index (χ1v) is 8.50. The fourth-order valence-electron chi connectivity index (χ4n) is 3.07. The lowest BCUT2D eigenvalue weighted by atomic mass is 10.00. The molecule has 4 nitrogen and oxygen atoms in total. The second-order valence-electron chi connectivity index (χ2n) is 5.77. The van der Waals surface area contributed by atoms with E-state index in [1.54, 1.807) is 31.5 Å². The maximum atomic E-state index is 13.6. The zero-order valence-corrected chi connectivity index (χ0v) is 14.3. The molecule has 4 rings (SSSR count). The summed E-state index contributed by atoms with van der Waals surface area (Å²) in [4.78, 5) is 19.1. The number of H-pyrrole nitrogens is 1. The van der Waals surface area contributed by atoms with E-state index in [1.165, 1.54) is 15.7 Å². The largest absolute Gasteiger partial charge is 0.435 e. The number of carbonyl (C=O) groups is 1. The van der Waals surface area contributed by atoms with E-state index in [2.05, 4.69) is 9.97 Å². The lowest BCUT2D eigenvalue weighted by molar-refractivity contribution is -0.141. The highest BCUT2D eigenvalue weighted by Crippen LogP contribution is 2.40. The number of para-hydroxylation sites is 1. The maximum absolute atomic E-state index is 13.6. The van der Waals surface area contributed by atoms with Gasteiger partial charge in [-0.15, -0.1) is 11.3 Å². The van der Waals surface area contributed by atoms with Crippen molar-refractivity contribution in [3.05, 3.63) is 64.6 Å². The number of benzene rings is 1. The Balaban J connectivity index is 2.07. The molecule has 1 N–H and O–H groups in total. The summed E-state index contributed by atoms with van der Waals surface area (Å²) in [5, 5.41) is 0.732. The SMILES string of the molecule is Cc1cn2c(/C(=C/C=O)c3c[nH]c4ccccc34)c(C(F)(F)F)nc2s1. The molecule has 0 saturated heterocycles. The van der Waals surface area contributed by atoms with Crippen molar-refractivity contribution >= 4 is 39.1 Å². The number of allylic oxidation sites excluding steroid dienone is 1. The van der Waals surface area contributed by atoms with Gasteiger partial charge in [0.25, 0.3) is 0 Å². The first kappa shape index (κ1) is 16.6. The highest BCUT2D eigenvalue weighted by Gasteiger charge is 2.39. The Morgan fingerprint density at radius 1 is 1.31 bits per heavy atom. The number of hydrogen-bond acceptors (Lipinski definition) is 3. The van der Waals surface area contributed by atoms with Crippen molar-refractivity contribution in [2.24, 2.45) is 0 Å². The summed E-state index contributed by atoms with van der Waals surface area (Å²) >= 11 is 1.17. The van der Waals surface area contributed by atoms with Crippen LogP contribution in [0.5, 0.6) is 0 Å². The van der Waals surface area contributed by atoms with Crippen LogP contribution in [-0.2, 0) is 11.0 Å². The quantitative estimate of drug-likeness (QED) is 0.412. The number of carbonyl (C=O) groups excluding carboxylic acids is 1. The Kier molecular flexibility index (Phi) is 3.73. The normalized spacial score (nSPS) is 13.0. The van der Waals surface area contributed by atoms with Gasteiger partial charge < -0.3 is 4.98 Å². The number of aromatic nitrogens is 3. The second-order valence-corrected chi connectivity index (χ2v) is 6.98. The van der Waals surface area contributed by atoms with Gasteiger partial charge in [0.2, 0.25) is 0 Å². The van der Waals surface area contributed by atoms with Crippen molar-refractivity contribution in [2.45, 2.75) is 13.1 Å². The number of hydrogen-bond donors (Lipinski definition) is 1. The fourth-order valence-corrected chi connectivity index (χ4v) is 3.90. The number of alkyl halides is 3. The molecule has 1 aromatic carbocycles. The van der Waals surface area contributed by atoms with Gasteiger partial charge >= 0.3 is 6.18 Å². The van der Waals surface area contributed by atoms with Gasteiger partial charge in [0, 0.05) is 39.3 Å². The predicted octanol–water partition coefficient (Wildman–Crippen LogP) is 4.83. The van der Waals surface area contributed by atoms with Gasteiger partial charge in [0.05, 0.1) is 5.69 Å². The van der Waals surface area contributed by atoms with Gasteiger partial charge in [-0.1, -0.05) is 18.2 Å². The molecule has 0 fully saturated rings. The van der Waals surface area contributed by atoms with Gasteiger partial charge in [-0.25, -0.2) is 4.98 Å². The molecule has 0 aliphatic rings. The minimum absolute atomic E-state index is 0.131. The molecule has 8 heteroatoms. The minimum Gasteiger partial charge on any atom is -0.361 e. The highest BCUT2D eigenvalue weighted by atomic mass is 32.1. The van der Waals surface area contributed by atoms with Crippen LogP contribution in [0.1, 0.15) is 21.8 Å². The first-order valence-electron chi connectivity index (χ1n) is 7.68. The van der Waals surface area contributed by atoms with E-state index in [0.717, 1.165) is 21.9 Å². The van der Waals surface area contributed by atoms with E-state index in [0.29, 0.717) is 11.8 Å². The minimum atomic E-state index is -4.64. The average molecular weight is 375 g/mol. The van der Waals surface area contributed by atoms with E-state index in [1.807, 2.05) is 12.1 Å². The lowest BCUT2D eigenvalue weighted by Crippen LogP contribution is -2.10. The van der Waals surface area contributed by atoms with Crippen LogP contribution in [0.4, 0.5) is 13.2 Å². The summed E-state index contributed by atoms with van der Waals surface area (Å²) in [5.74, 6) is 0. The Morgan fingerprint density at radius 3 is 2.81 bits per heavy atom. The van der Waals surface area contributed by atoms with Crippen LogP contribution in [0.2, 0.25) is 0 Å². The van der Waals surface area contributed by atoms with E-state index in [-0.39, 0.29) is 16.2 Å². The summed E-state index contributed by atoms with van der Waals surface area (Å²) in [6.45, 7) is 1.80. The van der Waals surface area contributed by atoms with Crippen LogP contribution in [-0.4, -0.2) is 20.7 Å². The zero-order chi connectivity index (χ0) is 18.5. The van der Waals surface area contributed by atoms with Crippen LogP contribution in [0, 0.1) is 6.92 Å². The summed E-state index contributed by atoms with van der Waals surface area (Å²) in [7, 11) is 0. The average Bonchev–Trinajstić information content (AvgIpc) is 3.24. The zero-order valence-electron chi connectivity index (χ0n) is 13.5. The van der Waals surface area contributed by atoms with Gasteiger partial charge in [-0.2, -0.15) is 13.2 Å². The van der Waals surface area contributed by atoms with Gasteiger partial charge in [-0.05, 0) is 19.1 Å². The Bertz CT molecular complexity index is 1160. The molecular weight excluding hydrogens is 363 g/mol. The van der Waals surface area contributed by atoms with E-state index < -0.39 is 11.9 Å². The molecule has 0 unspecified atom stereocenters. The lowest BCUT2D eigenvalue weighted by Gasteiger charge is -2.10. The summed E-state index contributed by atoms with van der Waals surface area (Å²) in [5.41, 5.74) is 0.338. The van der Waals surface area contributed by atoms with Crippen molar-refractivity contribution in [2.75, 3.05) is 0 Å². The Hall–Kier alpha value is -2.87. The molecule has 132 valence electrons. The van der Waals surface area contributed by atoms with Crippen LogP contribution in [0.25, 0.3) is 21.4 Å². The number of fused-ring (bicyclic) bond motifs is 2. The van der Waals surface area contributed by atoms with Crippen LogP contribution < -0.4 is 0 Å². The molecule has 0 aliphatic heterocycles. The molecular formula is C18H12F3N3OS. The van der Waals surface area contributed by atoms with Gasteiger partial charge in [0.1, 0.15) is 6.29 Å². The van der Waals surface area contributed by atoms with E-state index in [4.69, 9.17) is 0 Å². The number of nitrogens with one attached hydrogen (secondary N) is 1. The number of rotatable bonds is 3. The molecule has 0 amide bonds. The highest BCUT2D eigenvalue weighted by molar-refractivity contribution is 7.17. The van der Waals surface area contributed by atoms with Gasteiger partial charge in [0.15, 0.2) is 10.7 Å². The summed E-state index contributed by atoms with van der Waals surface area (Å²) in [6, 6.07) is 7.24. The molecule has 0 bridgehead atoms. The van der Waals surface area contributed by atoms with E-state index >= 15 is 0 Å². The van der Waals surface area contributed by atoms with Crippen LogP contribution in [0.3, 0.4) is 0 Å². The number of nitrogens with zero attached hydrogens (tertiary/aromatic N) is 2. The third kappa shape index (κ3) is 2.53. The Labute approximate surface area is 149 Å². The summed E-state index contributed by atoms with van der Waals surface area (Å²) in [6.07, 6.45) is 0.226. The van der Waals surface area contributed by atoms with Crippen molar-refractivity contribution in [1.82, 2.24) is 14.4 Å². The number of aldehydes is 1. The van der Waals surface area contributed by atoms with E-state index in [9.17, 15) is 18.0 Å². The number of aryl methyl sites for hydroxylation is 1. The molecule has 0 aliphatic carbocycles. The maximum Gasteiger partial charge on any atom is 0.435 e. The molecule has 4 aromatic rings. The number of thiazole rings is 1. The molecule has 0 radical (unpaired) electrons. The topological polar surface area (TPSA) is 50.2 Å². The molecule has 0 spiro atoms. The fraction of sp³-hybridized carbons (Fsp3) is 0.111. The first-order chi connectivity index (χ1) is 12.4. The monoisotopic (exact) mass is 375 g/mol. The van der Waals surface area contributed by atoms with Crippen molar-refractivity contribution < 1.29 is 18.0 Å². The number of halogens is 3. The standard InChI is InChI=1S/C18H12F3N3OS/c1-10-9-24-15(16(18(19,20)21)23-17(24)26-10)12(6-7-25)13-8-22-14-5-3-2-4-11(13)14/h2-9,22H,1H3/b12-6+. The molecule has 0 saturated carbocycles. The molecule has 26 heavy (non-hydrogen) atoms. The van der Waals surface area contributed by atoms with Crippen molar-refractivity contribution in [3.63, 3.8) is 0 Å². The smallest absolute Gasteiger partial charge is 0.361 e. The van der Waals surface area contributed by atoms with Crippen molar-refractivity contribution in [3.8, 4) is 0 Å². The predicted molar refractivity (Wildman–Crippen MR) is 94.2 cm³/mol. The third-order valence-electron chi connectivity index (χ3n) is 4.08. The van der Waals surface area contributed by atoms with Crippen LogP contribution >= 0.6 is 11.3 Å². The van der Waals surface area contributed by atoms with Crippen molar-refractivity contribution in [1.29, 1.82) is 0 Å². The van der Waals surface area contributed by atoms with Gasteiger partial charge in [-0.3, -0.25) is 9.20 Å². The number of imidazole rings is 1. The third-order valence-corrected chi connectivity index (χ3v) is 4.98. The molecule has 0 atom stereocenters.